The molecule has 0 aliphatic carbocycles. The van der Waals surface area contributed by atoms with Gasteiger partial charge in [-0.25, -0.2) is 4.98 Å². The summed E-state index contributed by atoms with van der Waals surface area (Å²) in [4.78, 5) is 15.1. The lowest BCUT2D eigenvalue weighted by Crippen LogP contribution is -2.12. The summed E-state index contributed by atoms with van der Waals surface area (Å²) in [5.41, 5.74) is 13.7. The number of nitrogens with two attached hydrogens (primary N) is 1. The number of hydrazine groups is 1. The molecule has 20 heavy (non-hydrogen) atoms. The quantitative estimate of drug-likeness (QED) is 0.530. The fourth-order valence-corrected chi connectivity index (χ4v) is 1.75. The molecule has 0 amide bonds. The van der Waals surface area contributed by atoms with E-state index in [2.05, 4.69) is 30.8 Å². The number of hydrogen-bond acceptors (Lipinski definition) is 7. The van der Waals surface area contributed by atoms with E-state index in [1.54, 1.807) is 7.11 Å². The molecule has 0 aliphatic rings. The van der Waals surface area contributed by atoms with Gasteiger partial charge in [-0.3, -0.25) is 10.9 Å². The second-order valence-corrected chi connectivity index (χ2v) is 4.01. The van der Waals surface area contributed by atoms with Gasteiger partial charge in [-0.05, 0) is 24.3 Å². The van der Waals surface area contributed by atoms with E-state index in [1.165, 1.54) is 6.33 Å². The molecule has 0 fully saturated rings. The standard InChI is InChI=1S/C12H13N7O/c1-20-8-4-2-7(3-5-8)18-19-11-9-10(15-6-14-9)16-12(13)17-11/h2-6,18H,1H3,(H4,13,14,15,16,17,19). The van der Waals surface area contributed by atoms with Gasteiger partial charge in [-0.1, -0.05) is 0 Å². The maximum absolute atomic E-state index is 5.63. The lowest BCUT2D eigenvalue weighted by molar-refractivity contribution is 0.415. The number of ether oxygens (including phenoxy) is 1. The van der Waals surface area contributed by atoms with Gasteiger partial charge in [0.2, 0.25) is 5.95 Å². The van der Waals surface area contributed by atoms with Crippen molar-refractivity contribution in [2.75, 3.05) is 23.7 Å². The van der Waals surface area contributed by atoms with Crippen molar-refractivity contribution in [3.8, 4) is 5.75 Å². The molecule has 0 aliphatic heterocycles. The van der Waals surface area contributed by atoms with Crippen LogP contribution < -0.4 is 21.3 Å². The monoisotopic (exact) mass is 271 g/mol. The number of methoxy groups -OCH3 is 1. The molecule has 0 unspecified atom stereocenters. The lowest BCUT2D eigenvalue weighted by atomic mass is 10.3. The zero-order chi connectivity index (χ0) is 13.9. The lowest BCUT2D eigenvalue weighted by Gasteiger charge is -2.10. The number of nitrogens with one attached hydrogen (secondary N) is 3. The predicted octanol–water partition coefficient (Wildman–Crippen LogP) is 1.38. The van der Waals surface area contributed by atoms with Gasteiger partial charge in [0.15, 0.2) is 11.5 Å². The minimum Gasteiger partial charge on any atom is -0.497 e. The molecule has 0 saturated carbocycles. The zero-order valence-electron chi connectivity index (χ0n) is 10.7. The summed E-state index contributed by atoms with van der Waals surface area (Å²) in [6, 6.07) is 7.45. The van der Waals surface area contributed by atoms with Crippen LogP contribution >= 0.6 is 0 Å². The van der Waals surface area contributed by atoms with Crippen LogP contribution in [0.5, 0.6) is 5.75 Å². The molecule has 0 bridgehead atoms. The van der Waals surface area contributed by atoms with E-state index >= 15 is 0 Å². The maximum atomic E-state index is 5.63. The first kappa shape index (κ1) is 12.0. The Labute approximate surface area is 114 Å². The van der Waals surface area contributed by atoms with E-state index in [-0.39, 0.29) is 5.95 Å². The topological polar surface area (TPSA) is 114 Å². The minimum atomic E-state index is 0.156. The van der Waals surface area contributed by atoms with Crippen molar-refractivity contribution in [2.24, 2.45) is 0 Å². The molecule has 102 valence electrons. The van der Waals surface area contributed by atoms with E-state index in [0.29, 0.717) is 17.0 Å². The van der Waals surface area contributed by atoms with Crippen molar-refractivity contribution in [3.05, 3.63) is 30.6 Å². The zero-order valence-corrected chi connectivity index (χ0v) is 10.7. The molecule has 3 rings (SSSR count). The number of imidazole rings is 1. The van der Waals surface area contributed by atoms with Crippen LogP contribution in [0.15, 0.2) is 30.6 Å². The summed E-state index contributed by atoms with van der Waals surface area (Å²) >= 11 is 0. The number of rotatable bonds is 4. The molecular weight excluding hydrogens is 258 g/mol. The fourth-order valence-electron chi connectivity index (χ4n) is 1.75. The third-order valence-corrected chi connectivity index (χ3v) is 2.72. The van der Waals surface area contributed by atoms with Crippen LogP contribution in [0.4, 0.5) is 17.5 Å². The molecule has 5 N–H and O–H groups in total. The summed E-state index contributed by atoms with van der Waals surface area (Å²) in [6.07, 6.45) is 1.54. The number of fused-ring (bicyclic) bond motifs is 1. The van der Waals surface area contributed by atoms with Crippen LogP contribution in [-0.2, 0) is 0 Å². The van der Waals surface area contributed by atoms with E-state index in [9.17, 15) is 0 Å². The van der Waals surface area contributed by atoms with Crippen molar-refractivity contribution in [3.63, 3.8) is 0 Å². The third-order valence-electron chi connectivity index (χ3n) is 2.72. The normalized spacial score (nSPS) is 10.4. The highest BCUT2D eigenvalue weighted by molar-refractivity contribution is 5.84. The molecule has 8 nitrogen and oxygen atoms in total. The van der Waals surface area contributed by atoms with Gasteiger partial charge in [-0.15, -0.1) is 0 Å². The number of nitrogen functional groups attached to an aromatic ring is 1. The van der Waals surface area contributed by atoms with E-state index in [0.717, 1.165) is 11.4 Å². The van der Waals surface area contributed by atoms with Crippen molar-refractivity contribution in [1.82, 2.24) is 19.9 Å². The molecule has 0 saturated heterocycles. The van der Waals surface area contributed by atoms with Crippen LogP contribution in [0.1, 0.15) is 0 Å². The van der Waals surface area contributed by atoms with Gasteiger partial charge < -0.3 is 15.5 Å². The predicted molar refractivity (Wildman–Crippen MR) is 76.3 cm³/mol. The van der Waals surface area contributed by atoms with Crippen LogP contribution in [-0.4, -0.2) is 27.0 Å². The second-order valence-electron chi connectivity index (χ2n) is 4.01. The number of anilines is 3. The Hall–Kier alpha value is -3.03. The molecule has 3 aromatic rings. The van der Waals surface area contributed by atoms with E-state index in [4.69, 9.17) is 10.5 Å². The van der Waals surface area contributed by atoms with Crippen LogP contribution in [0, 0.1) is 0 Å². The van der Waals surface area contributed by atoms with Gasteiger partial charge in [0.1, 0.15) is 11.3 Å². The smallest absolute Gasteiger partial charge is 0.224 e. The van der Waals surface area contributed by atoms with Gasteiger partial charge >= 0.3 is 0 Å². The highest BCUT2D eigenvalue weighted by Gasteiger charge is 2.07. The van der Waals surface area contributed by atoms with Crippen LogP contribution in [0.25, 0.3) is 11.2 Å². The first-order valence-corrected chi connectivity index (χ1v) is 5.89. The molecule has 8 heteroatoms. The molecule has 1 aromatic carbocycles. The van der Waals surface area contributed by atoms with Gasteiger partial charge in [0, 0.05) is 0 Å². The highest BCUT2D eigenvalue weighted by atomic mass is 16.5. The molecule has 0 radical (unpaired) electrons. The number of hydrogen-bond donors (Lipinski definition) is 4. The second kappa shape index (κ2) is 4.92. The Morgan fingerprint density at radius 3 is 2.70 bits per heavy atom. The highest BCUT2D eigenvalue weighted by Crippen LogP contribution is 2.19. The number of nitrogens with zero attached hydrogens (tertiary/aromatic N) is 3. The Bertz CT molecular complexity index is 722. The average Bonchev–Trinajstić information content (AvgIpc) is 2.93. The number of benzene rings is 1. The summed E-state index contributed by atoms with van der Waals surface area (Å²) in [5, 5.41) is 0. The molecule has 2 heterocycles. The molecular formula is C12H13N7O. The summed E-state index contributed by atoms with van der Waals surface area (Å²) in [6.45, 7) is 0. The molecule has 0 spiro atoms. The first-order chi connectivity index (χ1) is 9.76. The van der Waals surface area contributed by atoms with Crippen molar-refractivity contribution < 1.29 is 4.74 Å². The summed E-state index contributed by atoms with van der Waals surface area (Å²) in [5.74, 6) is 1.47. The average molecular weight is 271 g/mol. The molecule has 2 aromatic heterocycles. The van der Waals surface area contributed by atoms with Gasteiger partial charge in [0.05, 0.1) is 19.1 Å². The summed E-state index contributed by atoms with van der Waals surface area (Å²) in [7, 11) is 1.62. The largest absolute Gasteiger partial charge is 0.497 e. The van der Waals surface area contributed by atoms with E-state index in [1.807, 2.05) is 24.3 Å². The number of aromatic amines is 1. The third kappa shape index (κ3) is 2.26. The van der Waals surface area contributed by atoms with E-state index < -0.39 is 0 Å². The van der Waals surface area contributed by atoms with Gasteiger partial charge in [-0.2, -0.15) is 9.97 Å². The number of H-pyrrole nitrogens is 1. The van der Waals surface area contributed by atoms with Crippen molar-refractivity contribution in [1.29, 1.82) is 0 Å². The van der Waals surface area contributed by atoms with Crippen molar-refractivity contribution >= 4 is 28.6 Å². The SMILES string of the molecule is COc1ccc(NNc2nc(N)nc3nc[nH]c23)cc1. The Balaban J connectivity index is 1.80. The van der Waals surface area contributed by atoms with Gasteiger partial charge in [0.25, 0.3) is 0 Å². The first-order valence-electron chi connectivity index (χ1n) is 5.89. The van der Waals surface area contributed by atoms with Crippen LogP contribution in [0.3, 0.4) is 0 Å². The number of aromatic nitrogens is 4. The van der Waals surface area contributed by atoms with Crippen LogP contribution in [0.2, 0.25) is 0 Å². The maximum Gasteiger partial charge on any atom is 0.224 e. The molecule has 0 atom stereocenters. The Kier molecular flexibility index (Phi) is 2.96. The minimum absolute atomic E-state index is 0.156. The summed E-state index contributed by atoms with van der Waals surface area (Å²) < 4.78 is 5.10. The van der Waals surface area contributed by atoms with Crippen molar-refractivity contribution in [2.45, 2.75) is 0 Å². The fraction of sp³-hybridized carbons (Fsp3) is 0.0833. The Morgan fingerprint density at radius 1 is 1.15 bits per heavy atom. The Morgan fingerprint density at radius 2 is 1.95 bits per heavy atom.